The molecule has 1 fully saturated rings. The summed E-state index contributed by atoms with van der Waals surface area (Å²) < 4.78 is 0.503. The zero-order valence-electron chi connectivity index (χ0n) is 7.73. The average Bonchev–Trinajstić information content (AvgIpc) is 2.39. The van der Waals surface area contributed by atoms with Crippen molar-refractivity contribution in [1.82, 2.24) is 4.90 Å². The van der Waals surface area contributed by atoms with Crippen molar-refractivity contribution in [3.8, 4) is 0 Å². The van der Waals surface area contributed by atoms with Gasteiger partial charge in [0, 0.05) is 6.54 Å². The first-order valence-corrected chi connectivity index (χ1v) is 5.58. The largest absolute Gasteiger partial charge is 0.481 e. The maximum Gasteiger partial charge on any atom is 0.305 e. The maximum atomic E-state index is 11.6. The highest BCUT2D eigenvalue weighted by Crippen LogP contribution is 2.29. The zero-order chi connectivity index (χ0) is 10.7. The van der Waals surface area contributed by atoms with Crippen LogP contribution in [0.4, 0.5) is 0 Å². The molecule has 0 aromatic heterocycles. The predicted molar refractivity (Wildman–Crippen MR) is 58.2 cm³/mol. The number of thiocarbonyl (C=S) groups is 1. The van der Waals surface area contributed by atoms with Crippen molar-refractivity contribution >= 4 is 40.2 Å². The molecule has 1 unspecified atom stereocenters. The molecule has 0 spiro atoms. The minimum atomic E-state index is -0.912. The molecule has 0 aliphatic carbocycles. The maximum absolute atomic E-state index is 11.6. The van der Waals surface area contributed by atoms with Gasteiger partial charge in [0.25, 0.3) is 0 Å². The molecule has 1 N–H and O–H groups in total. The minimum Gasteiger partial charge on any atom is -0.481 e. The Labute approximate surface area is 91.6 Å². The molecular formula is C8H11NO3S2. The van der Waals surface area contributed by atoms with Crippen LogP contribution in [0.15, 0.2) is 0 Å². The van der Waals surface area contributed by atoms with Gasteiger partial charge in [-0.3, -0.25) is 14.5 Å². The van der Waals surface area contributed by atoms with Gasteiger partial charge in [-0.25, -0.2) is 0 Å². The fourth-order valence-electron chi connectivity index (χ4n) is 1.17. The minimum absolute atomic E-state index is 0.0521. The first-order valence-electron chi connectivity index (χ1n) is 4.30. The predicted octanol–water partition coefficient (Wildman–Crippen LogP) is 1.10. The van der Waals surface area contributed by atoms with Crippen LogP contribution in [0.5, 0.6) is 0 Å². The van der Waals surface area contributed by atoms with Crippen molar-refractivity contribution in [3.63, 3.8) is 0 Å². The molecule has 1 aliphatic heterocycles. The summed E-state index contributed by atoms with van der Waals surface area (Å²) >= 11 is 6.34. The third-order valence-electron chi connectivity index (χ3n) is 1.92. The van der Waals surface area contributed by atoms with Crippen LogP contribution in [0, 0.1) is 0 Å². The molecule has 1 heterocycles. The number of carbonyl (C=O) groups excluding carboxylic acids is 1. The molecule has 0 saturated carbocycles. The molecule has 0 radical (unpaired) electrons. The highest BCUT2D eigenvalue weighted by atomic mass is 32.2. The third kappa shape index (κ3) is 2.45. The van der Waals surface area contributed by atoms with Gasteiger partial charge in [-0.2, -0.15) is 0 Å². The lowest BCUT2D eigenvalue weighted by Crippen LogP contribution is -2.33. The van der Waals surface area contributed by atoms with Gasteiger partial charge in [0.05, 0.1) is 11.7 Å². The lowest BCUT2D eigenvalue weighted by molar-refractivity contribution is -0.137. The second-order valence-corrected chi connectivity index (χ2v) is 4.75. The van der Waals surface area contributed by atoms with Gasteiger partial charge in [0.2, 0.25) is 5.91 Å². The standard InChI is InChI=1S/C8H11NO3S2/c1-2-5-7(12)9(8(13)14-5)4-3-6(10)11/h5H,2-4H2,1H3,(H,10,11). The SMILES string of the molecule is CCC1SC(=S)N(CCC(=O)O)C1=O. The molecule has 1 aliphatic rings. The Kier molecular flexibility index (Phi) is 3.88. The summed E-state index contributed by atoms with van der Waals surface area (Å²) in [6.07, 6.45) is 0.677. The van der Waals surface area contributed by atoms with E-state index in [0.29, 0.717) is 4.32 Å². The number of carboxylic acids is 1. The molecule has 78 valence electrons. The summed E-state index contributed by atoms with van der Waals surface area (Å²) in [5.74, 6) is -0.964. The number of hydrogen-bond donors (Lipinski definition) is 1. The molecule has 14 heavy (non-hydrogen) atoms. The first-order chi connectivity index (χ1) is 6.56. The van der Waals surface area contributed by atoms with E-state index < -0.39 is 5.97 Å². The van der Waals surface area contributed by atoms with Crippen molar-refractivity contribution in [2.75, 3.05) is 6.54 Å². The average molecular weight is 233 g/mol. The molecular weight excluding hydrogens is 222 g/mol. The van der Waals surface area contributed by atoms with E-state index in [0.717, 1.165) is 6.42 Å². The van der Waals surface area contributed by atoms with E-state index in [1.807, 2.05) is 6.92 Å². The lowest BCUT2D eigenvalue weighted by atomic mass is 10.3. The van der Waals surface area contributed by atoms with E-state index in [4.69, 9.17) is 17.3 Å². The third-order valence-corrected chi connectivity index (χ3v) is 3.68. The molecule has 0 aromatic carbocycles. The van der Waals surface area contributed by atoms with Gasteiger partial charge in [-0.1, -0.05) is 30.9 Å². The Hall–Kier alpha value is -0.620. The molecule has 1 amide bonds. The van der Waals surface area contributed by atoms with Crippen molar-refractivity contribution in [1.29, 1.82) is 0 Å². The van der Waals surface area contributed by atoms with Crippen molar-refractivity contribution in [3.05, 3.63) is 0 Å². The van der Waals surface area contributed by atoms with Crippen LogP contribution in [0.1, 0.15) is 19.8 Å². The number of nitrogens with zero attached hydrogens (tertiary/aromatic N) is 1. The normalized spacial score (nSPS) is 21.8. The fourth-order valence-corrected chi connectivity index (χ4v) is 2.64. The fraction of sp³-hybridized carbons (Fsp3) is 0.625. The highest BCUT2D eigenvalue weighted by Gasteiger charge is 2.35. The van der Waals surface area contributed by atoms with E-state index in [9.17, 15) is 9.59 Å². The van der Waals surface area contributed by atoms with E-state index in [1.165, 1.54) is 16.7 Å². The number of carbonyl (C=O) groups is 2. The second kappa shape index (κ2) is 4.75. The van der Waals surface area contributed by atoms with E-state index in [-0.39, 0.29) is 24.1 Å². The summed E-state index contributed by atoms with van der Waals surface area (Å²) in [5.41, 5.74) is 0. The molecule has 1 atom stereocenters. The number of aliphatic carboxylic acids is 1. The number of rotatable bonds is 4. The highest BCUT2D eigenvalue weighted by molar-refractivity contribution is 8.24. The molecule has 0 bridgehead atoms. The molecule has 6 heteroatoms. The van der Waals surface area contributed by atoms with Crippen LogP contribution in [0.3, 0.4) is 0 Å². The molecule has 1 rings (SSSR count). The number of thioether (sulfide) groups is 1. The summed E-state index contributed by atoms with van der Waals surface area (Å²) in [4.78, 5) is 23.3. The van der Waals surface area contributed by atoms with Crippen LogP contribution in [-0.4, -0.2) is 38.0 Å². The molecule has 1 saturated heterocycles. The van der Waals surface area contributed by atoms with Crippen molar-refractivity contribution < 1.29 is 14.7 Å². The molecule has 4 nitrogen and oxygen atoms in total. The molecule has 0 aromatic rings. The van der Waals surface area contributed by atoms with E-state index in [2.05, 4.69) is 0 Å². The van der Waals surface area contributed by atoms with Crippen LogP contribution >= 0.6 is 24.0 Å². The van der Waals surface area contributed by atoms with Crippen molar-refractivity contribution in [2.45, 2.75) is 25.0 Å². The first kappa shape index (κ1) is 11.5. The van der Waals surface area contributed by atoms with Gasteiger partial charge < -0.3 is 5.11 Å². The second-order valence-electron chi connectivity index (χ2n) is 2.91. The van der Waals surface area contributed by atoms with Gasteiger partial charge in [0.15, 0.2) is 0 Å². The van der Waals surface area contributed by atoms with E-state index in [1.54, 1.807) is 0 Å². The number of carboxylic acid groups (broad SMARTS) is 1. The lowest BCUT2D eigenvalue weighted by Gasteiger charge is -2.13. The van der Waals surface area contributed by atoms with Gasteiger partial charge in [0.1, 0.15) is 4.32 Å². The Bertz CT molecular complexity index is 280. The quantitative estimate of drug-likeness (QED) is 0.737. The number of hydrogen-bond acceptors (Lipinski definition) is 4. The summed E-state index contributed by atoms with van der Waals surface area (Å²) in [7, 11) is 0. The topological polar surface area (TPSA) is 57.6 Å². The Balaban J connectivity index is 2.56. The van der Waals surface area contributed by atoms with Crippen LogP contribution < -0.4 is 0 Å². The summed E-state index contributed by atoms with van der Waals surface area (Å²) in [6.45, 7) is 2.11. The Morgan fingerprint density at radius 1 is 1.71 bits per heavy atom. The summed E-state index contributed by atoms with van der Waals surface area (Å²) in [6, 6.07) is 0. The Morgan fingerprint density at radius 2 is 2.36 bits per heavy atom. The zero-order valence-corrected chi connectivity index (χ0v) is 9.36. The smallest absolute Gasteiger partial charge is 0.305 e. The van der Waals surface area contributed by atoms with Crippen LogP contribution in [0.2, 0.25) is 0 Å². The van der Waals surface area contributed by atoms with Crippen LogP contribution in [0.25, 0.3) is 0 Å². The Morgan fingerprint density at radius 3 is 2.79 bits per heavy atom. The van der Waals surface area contributed by atoms with Crippen LogP contribution in [-0.2, 0) is 9.59 Å². The van der Waals surface area contributed by atoms with Gasteiger partial charge in [-0.15, -0.1) is 0 Å². The van der Waals surface area contributed by atoms with Gasteiger partial charge in [-0.05, 0) is 6.42 Å². The number of amides is 1. The van der Waals surface area contributed by atoms with Gasteiger partial charge >= 0.3 is 5.97 Å². The van der Waals surface area contributed by atoms with Crippen molar-refractivity contribution in [2.24, 2.45) is 0 Å². The summed E-state index contributed by atoms with van der Waals surface area (Å²) in [5, 5.41) is 8.37. The monoisotopic (exact) mass is 233 g/mol. The van der Waals surface area contributed by atoms with E-state index >= 15 is 0 Å².